The summed E-state index contributed by atoms with van der Waals surface area (Å²) < 4.78 is 6.27. The van der Waals surface area contributed by atoms with E-state index in [1.165, 1.54) is 29.8 Å². The van der Waals surface area contributed by atoms with E-state index in [1.54, 1.807) is 18.1 Å². The standard InChI is InChI=1S/C33H37N3O4.C13H16N4O/c1-23-6-12-26(13-7-23)35-18-16-28(17-19-35)40-22-24-8-10-25(11-9-24)29-4-3-5-30-31(29)20-36(33(30)39)27(21-37)14-15-32(38)34-2;1-17-4-2-3-12(17)11-5-9-7-14-13(15-8-18)6-10(9)16-11/h3-13,21,27-28H,14-20,22H2,1-2H3,(H,34,38);5-8,12,16H,2-4H2,1H3,(H,14,15,18). The van der Waals surface area contributed by atoms with E-state index in [2.05, 4.69) is 99.0 Å². The van der Waals surface area contributed by atoms with Gasteiger partial charge >= 0.3 is 0 Å². The highest BCUT2D eigenvalue weighted by atomic mass is 16.5. The van der Waals surface area contributed by atoms with Crippen LogP contribution in [0.2, 0.25) is 0 Å². The van der Waals surface area contributed by atoms with Crippen molar-refractivity contribution in [2.75, 3.05) is 43.9 Å². The molecule has 2 saturated heterocycles. The van der Waals surface area contributed by atoms with E-state index in [9.17, 15) is 19.2 Å². The molecule has 302 valence electrons. The number of anilines is 2. The summed E-state index contributed by atoms with van der Waals surface area (Å²) >= 11 is 0. The maximum Gasteiger partial charge on any atom is 0.255 e. The summed E-state index contributed by atoms with van der Waals surface area (Å²) in [6.45, 7) is 6.18. The number of nitrogens with zero attached hydrogens (tertiary/aromatic N) is 4. The summed E-state index contributed by atoms with van der Waals surface area (Å²) in [6.07, 6.45) is 8.41. The fourth-order valence-corrected chi connectivity index (χ4v) is 8.30. The smallest absolute Gasteiger partial charge is 0.255 e. The normalized spacial score (nSPS) is 17.4. The monoisotopic (exact) mass is 783 g/mol. The summed E-state index contributed by atoms with van der Waals surface area (Å²) in [5.41, 5.74) is 9.47. The minimum atomic E-state index is -0.631. The van der Waals surface area contributed by atoms with E-state index in [4.69, 9.17) is 4.74 Å². The molecule has 3 aromatic carbocycles. The molecule has 0 spiro atoms. The molecule has 12 nitrogen and oxygen atoms in total. The Hall–Kier alpha value is -5.85. The van der Waals surface area contributed by atoms with Gasteiger partial charge in [-0.1, -0.05) is 54.1 Å². The van der Waals surface area contributed by atoms with E-state index >= 15 is 0 Å². The molecule has 3 N–H and O–H groups in total. The van der Waals surface area contributed by atoms with E-state index < -0.39 is 6.04 Å². The van der Waals surface area contributed by atoms with Crippen molar-refractivity contribution in [3.8, 4) is 11.1 Å². The SMILES string of the molecule is CN1CCCC1c1cc2cnc(NC=O)cc2[nH]1.CNC(=O)CCC(C=O)N1Cc2c(cccc2-c2ccc(COC3CCN(c4ccc(C)cc4)CC3)cc2)C1=O. The first-order valence-electron chi connectivity index (χ1n) is 20.2. The van der Waals surface area contributed by atoms with E-state index in [0.29, 0.717) is 43.4 Å². The van der Waals surface area contributed by atoms with Gasteiger partial charge in [-0.2, -0.15) is 0 Å². The van der Waals surface area contributed by atoms with Crippen LogP contribution in [0.3, 0.4) is 0 Å². The average molecular weight is 784 g/mol. The molecule has 0 saturated carbocycles. The van der Waals surface area contributed by atoms with Gasteiger partial charge in [0.15, 0.2) is 0 Å². The maximum atomic E-state index is 13.1. The van der Waals surface area contributed by atoms with Gasteiger partial charge in [0.2, 0.25) is 12.3 Å². The highest BCUT2D eigenvalue weighted by molar-refractivity contribution is 6.01. The number of carbonyl (C=O) groups is 4. The number of aromatic nitrogens is 2. The van der Waals surface area contributed by atoms with Crippen LogP contribution in [0.25, 0.3) is 22.0 Å². The number of aromatic amines is 1. The lowest BCUT2D eigenvalue weighted by atomic mass is 9.96. The highest BCUT2D eigenvalue weighted by Gasteiger charge is 2.34. The van der Waals surface area contributed by atoms with Crippen molar-refractivity contribution in [3.05, 3.63) is 113 Å². The Morgan fingerprint density at radius 3 is 2.43 bits per heavy atom. The van der Waals surface area contributed by atoms with Crippen LogP contribution in [0, 0.1) is 6.92 Å². The number of pyridine rings is 1. The topological polar surface area (TPSA) is 140 Å². The highest BCUT2D eigenvalue weighted by Crippen LogP contribution is 2.35. The van der Waals surface area contributed by atoms with Crippen LogP contribution in [0.5, 0.6) is 0 Å². The minimum absolute atomic E-state index is 0.145. The van der Waals surface area contributed by atoms with Crippen LogP contribution >= 0.6 is 0 Å². The van der Waals surface area contributed by atoms with Gasteiger partial charge in [0.25, 0.3) is 5.91 Å². The molecule has 58 heavy (non-hydrogen) atoms. The predicted octanol–water partition coefficient (Wildman–Crippen LogP) is 6.80. The van der Waals surface area contributed by atoms with Crippen LogP contribution in [0.1, 0.15) is 77.3 Å². The number of hydrogen-bond acceptors (Lipinski definition) is 8. The minimum Gasteiger partial charge on any atom is -0.373 e. The van der Waals surface area contributed by atoms with Crippen molar-refractivity contribution in [3.63, 3.8) is 0 Å². The van der Waals surface area contributed by atoms with Gasteiger partial charge in [0.05, 0.1) is 24.3 Å². The van der Waals surface area contributed by atoms with E-state index in [-0.39, 0.29) is 24.3 Å². The van der Waals surface area contributed by atoms with Gasteiger partial charge < -0.3 is 34.9 Å². The Labute approximate surface area is 340 Å². The summed E-state index contributed by atoms with van der Waals surface area (Å²) in [5.74, 6) is 0.267. The Morgan fingerprint density at radius 1 is 0.983 bits per heavy atom. The molecule has 5 heterocycles. The number of piperidine rings is 1. The van der Waals surface area contributed by atoms with Gasteiger partial charge in [0.1, 0.15) is 12.1 Å². The second kappa shape index (κ2) is 18.6. The lowest BCUT2D eigenvalue weighted by molar-refractivity contribution is -0.121. The first-order chi connectivity index (χ1) is 28.2. The zero-order valence-electron chi connectivity index (χ0n) is 33.6. The molecule has 2 aromatic heterocycles. The van der Waals surface area contributed by atoms with E-state index in [1.807, 2.05) is 24.3 Å². The number of hydrogen-bond donors (Lipinski definition) is 3. The first-order valence-corrected chi connectivity index (χ1v) is 20.2. The van der Waals surface area contributed by atoms with Crippen LogP contribution in [0.15, 0.2) is 85.1 Å². The van der Waals surface area contributed by atoms with Crippen LogP contribution < -0.4 is 15.5 Å². The maximum absolute atomic E-state index is 13.1. The van der Waals surface area contributed by atoms with Gasteiger partial charge in [-0.25, -0.2) is 4.98 Å². The Balaban J connectivity index is 0.000000236. The van der Waals surface area contributed by atoms with Crippen LogP contribution in [-0.4, -0.2) is 90.2 Å². The average Bonchev–Trinajstić information content (AvgIpc) is 3.97. The molecular weight excluding hydrogens is 731 g/mol. The molecule has 2 unspecified atom stereocenters. The summed E-state index contributed by atoms with van der Waals surface area (Å²) in [7, 11) is 3.72. The zero-order valence-corrected chi connectivity index (χ0v) is 33.6. The summed E-state index contributed by atoms with van der Waals surface area (Å²) in [5, 5.41) is 6.22. The van der Waals surface area contributed by atoms with E-state index in [0.717, 1.165) is 71.9 Å². The van der Waals surface area contributed by atoms with Crippen molar-refractivity contribution in [2.45, 2.75) is 76.8 Å². The predicted molar refractivity (Wildman–Crippen MR) is 226 cm³/mol. The molecule has 0 radical (unpaired) electrons. The first kappa shape index (κ1) is 40.4. The number of H-pyrrole nitrogens is 1. The largest absolute Gasteiger partial charge is 0.373 e. The van der Waals surface area contributed by atoms with Gasteiger partial charge in [-0.05, 0) is 99.1 Å². The Kier molecular flexibility index (Phi) is 12.9. The summed E-state index contributed by atoms with van der Waals surface area (Å²) in [6, 6.07) is 26.6. The number of carbonyl (C=O) groups excluding carboxylic acids is 4. The fraction of sp³-hybridized carbons (Fsp3) is 0.370. The molecule has 2 fully saturated rings. The molecule has 0 aliphatic carbocycles. The quantitative estimate of drug-likeness (QED) is 0.111. The lowest BCUT2D eigenvalue weighted by Crippen LogP contribution is -2.37. The number of fused-ring (bicyclic) bond motifs is 2. The molecule has 12 heteroatoms. The number of benzene rings is 3. The third kappa shape index (κ3) is 9.30. The molecule has 3 aliphatic rings. The molecule has 3 aliphatic heterocycles. The Bertz CT molecular complexity index is 2210. The fourth-order valence-electron chi connectivity index (χ4n) is 8.30. The number of likely N-dealkylation sites (tertiary alicyclic amines) is 1. The molecule has 8 rings (SSSR count). The molecule has 0 bridgehead atoms. The van der Waals surface area contributed by atoms with Gasteiger partial charge in [-0.3, -0.25) is 19.3 Å². The zero-order chi connectivity index (χ0) is 40.6. The number of nitrogens with one attached hydrogen (secondary N) is 3. The molecule has 2 atom stereocenters. The van der Waals surface area contributed by atoms with Crippen molar-refractivity contribution in [2.24, 2.45) is 0 Å². The second-order valence-electron chi connectivity index (χ2n) is 15.5. The third-order valence-electron chi connectivity index (χ3n) is 11.7. The summed E-state index contributed by atoms with van der Waals surface area (Å²) in [4.78, 5) is 61.0. The van der Waals surface area contributed by atoms with Crippen molar-refractivity contribution >= 4 is 46.9 Å². The number of aldehydes is 1. The van der Waals surface area contributed by atoms with Gasteiger partial charge in [0, 0.05) is 73.7 Å². The number of rotatable bonds is 13. The second-order valence-corrected chi connectivity index (χ2v) is 15.5. The van der Waals surface area contributed by atoms with Crippen LogP contribution in [0.4, 0.5) is 11.5 Å². The van der Waals surface area contributed by atoms with Crippen molar-refractivity contribution in [1.29, 1.82) is 0 Å². The molecular formula is C46H53N7O5. The molecule has 5 aromatic rings. The van der Waals surface area contributed by atoms with Gasteiger partial charge in [-0.15, -0.1) is 0 Å². The molecule has 3 amide bonds. The van der Waals surface area contributed by atoms with Crippen LogP contribution in [-0.2, 0) is 32.3 Å². The number of amides is 3. The Morgan fingerprint density at radius 2 is 1.74 bits per heavy atom. The van der Waals surface area contributed by atoms with Crippen molar-refractivity contribution in [1.82, 2.24) is 25.1 Å². The third-order valence-corrected chi connectivity index (χ3v) is 11.7. The van der Waals surface area contributed by atoms with Crippen molar-refractivity contribution < 1.29 is 23.9 Å². The lowest BCUT2D eigenvalue weighted by Gasteiger charge is -2.33. The number of ether oxygens (including phenoxy) is 1. The number of aryl methyl sites for hydroxylation is 1.